The third-order valence-electron chi connectivity index (χ3n) is 1.78. The molecule has 3 nitrogen and oxygen atoms in total. The minimum atomic E-state index is 0.413. The maximum absolute atomic E-state index is 5.88. The van der Waals surface area contributed by atoms with Gasteiger partial charge in [-0.15, -0.1) is 0 Å². The molecule has 0 spiro atoms. The van der Waals surface area contributed by atoms with Crippen LogP contribution in [-0.2, 0) is 6.54 Å². The van der Waals surface area contributed by atoms with E-state index in [9.17, 15) is 0 Å². The molecule has 0 saturated carbocycles. The van der Waals surface area contributed by atoms with E-state index >= 15 is 0 Å². The molecule has 0 bridgehead atoms. The van der Waals surface area contributed by atoms with E-state index in [1.54, 1.807) is 7.11 Å². The Labute approximate surface area is 89.4 Å². The third kappa shape index (κ3) is 3.16. The largest absolute Gasteiger partial charge is 0.494 e. The second kappa shape index (κ2) is 5.17. The molecular formula is C10H15ClN2O. The Hall–Kier alpha value is -0.800. The highest BCUT2D eigenvalue weighted by atomic mass is 35.5. The van der Waals surface area contributed by atoms with Crippen LogP contribution in [0, 0.1) is 0 Å². The van der Waals surface area contributed by atoms with Crippen LogP contribution in [0.2, 0.25) is 5.15 Å². The predicted octanol–water partition coefficient (Wildman–Crippen LogP) is 2.24. The van der Waals surface area contributed by atoms with Gasteiger partial charge in [-0.05, 0) is 12.1 Å². The minimum absolute atomic E-state index is 0.413. The van der Waals surface area contributed by atoms with Crippen molar-refractivity contribution in [1.29, 1.82) is 0 Å². The molecule has 1 aromatic rings. The molecule has 0 radical (unpaired) electrons. The number of halogens is 1. The summed E-state index contributed by atoms with van der Waals surface area (Å²) >= 11 is 5.88. The topological polar surface area (TPSA) is 34.1 Å². The second-order valence-corrected chi connectivity index (χ2v) is 3.69. The number of hydrogen-bond donors (Lipinski definition) is 1. The molecule has 0 aliphatic carbocycles. The van der Waals surface area contributed by atoms with E-state index in [2.05, 4.69) is 24.1 Å². The molecular weight excluding hydrogens is 200 g/mol. The summed E-state index contributed by atoms with van der Waals surface area (Å²) in [7, 11) is 1.58. The molecule has 0 aliphatic rings. The minimum Gasteiger partial charge on any atom is -0.494 e. The van der Waals surface area contributed by atoms with Crippen molar-refractivity contribution in [3.63, 3.8) is 0 Å². The standard InChI is InChI=1S/C10H15ClN2O/c1-7(2)12-6-8-4-5-9(14-3)10(11)13-8/h4-5,7,12H,6H2,1-3H3. The van der Waals surface area contributed by atoms with E-state index in [0.29, 0.717) is 16.9 Å². The van der Waals surface area contributed by atoms with Crippen molar-refractivity contribution < 1.29 is 4.74 Å². The van der Waals surface area contributed by atoms with E-state index in [1.165, 1.54) is 0 Å². The summed E-state index contributed by atoms with van der Waals surface area (Å²) in [6, 6.07) is 4.17. The van der Waals surface area contributed by atoms with Crippen molar-refractivity contribution in [2.24, 2.45) is 0 Å². The van der Waals surface area contributed by atoms with Gasteiger partial charge in [-0.25, -0.2) is 4.98 Å². The zero-order chi connectivity index (χ0) is 10.6. The Morgan fingerprint density at radius 1 is 1.50 bits per heavy atom. The Balaban J connectivity index is 2.66. The first-order valence-electron chi connectivity index (χ1n) is 4.56. The average molecular weight is 215 g/mol. The van der Waals surface area contributed by atoms with Gasteiger partial charge in [0.1, 0.15) is 0 Å². The van der Waals surface area contributed by atoms with Gasteiger partial charge in [-0.2, -0.15) is 0 Å². The number of aromatic nitrogens is 1. The molecule has 4 heteroatoms. The number of rotatable bonds is 4. The van der Waals surface area contributed by atoms with Crippen molar-refractivity contribution in [2.45, 2.75) is 26.4 Å². The summed E-state index contributed by atoms with van der Waals surface area (Å²) in [4.78, 5) is 4.19. The average Bonchev–Trinajstić information content (AvgIpc) is 2.15. The monoisotopic (exact) mass is 214 g/mol. The summed E-state index contributed by atoms with van der Waals surface area (Å²) < 4.78 is 5.01. The highest BCUT2D eigenvalue weighted by Crippen LogP contribution is 2.21. The van der Waals surface area contributed by atoms with Crippen LogP contribution in [0.1, 0.15) is 19.5 Å². The van der Waals surface area contributed by atoms with Crippen molar-refractivity contribution >= 4 is 11.6 Å². The zero-order valence-corrected chi connectivity index (χ0v) is 9.43. The Bertz CT molecular complexity index is 302. The van der Waals surface area contributed by atoms with E-state index in [4.69, 9.17) is 16.3 Å². The molecule has 0 fully saturated rings. The summed E-state index contributed by atoms with van der Waals surface area (Å²) in [6.45, 7) is 4.90. The van der Waals surface area contributed by atoms with Crippen molar-refractivity contribution in [3.8, 4) is 5.75 Å². The smallest absolute Gasteiger partial charge is 0.171 e. The molecule has 1 N–H and O–H groups in total. The zero-order valence-electron chi connectivity index (χ0n) is 8.67. The van der Waals surface area contributed by atoms with Crippen LogP contribution in [0.3, 0.4) is 0 Å². The Kier molecular flexibility index (Phi) is 4.17. The summed E-state index contributed by atoms with van der Waals surface area (Å²) in [5.41, 5.74) is 0.921. The molecule has 0 saturated heterocycles. The molecule has 1 heterocycles. The lowest BCUT2D eigenvalue weighted by Crippen LogP contribution is -2.22. The molecule has 0 unspecified atom stereocenters. The highest BCUT2D eigenvalue weighted by Gasteiger charge is 2.03. The summed E-state index contributed by atoms with van der Waals surface area (Å²) in [5, 5.41) is 3.68. The first-order valence-corrected chi connectivity index (χ1v) is 4.94. The number of methoxy groups -OCH3 is 1. The van der Waals surface area contributed by atoms with E-state index < -0.39 is 0 Å². The van der Waals surface area contributed by atoms with Crippen LogP contribution in [0.4, 0.5) is 0 Å². The number of pyridine rings is 1. The second-order valence-electron chi connectivity index (χ2n) is 3.33. The quantitative estimate of drug-likeness (QED) is 0.781. The van der Waals surface area contributed by atoms with Gasteiger partial charge in [0.05, 0.1) is 12.8 Å². The van der Waals surface area contributed by atoms with Crippen LogP contribution in [0.5, 0.6) is 5.75 Å². The molecule has 14 heavy (non-hydrogen) atoms. The van der Waals surface area contributed by atoms with Gasteiger partial charge in [0.15, 0.2) is 10.9 Å². The summed E-state index contributed by atoms with van der Waals surface area (Å²) in [6.07, 6.45) is 0. The van der Waals surface area contributed by atoms with Crippen molar-refractivity contribution in [3.05, 3.63) is 23.0 Å². The third-order valence-corrected chi connectivity index (χ3v) is 2.05. The van der Waals surface area contributed by atoms with E-state index in [-0.39, 0.29) is 0 Å². The number of ether oxygens (including phenoxy) is 1. The molecule has 1 aromatic heterocycles. The van der Waals surface area contributed by atoms with Crippen LogP contribution in [0.15, 0.2) is 12.1 Å². The fraction of sp³-hybridized carbons (Fsp3) is 0.500. The van der Waals surface area contributed by atoms with Gasteiger partial charge in [0, 0.05) is 12.6 Å². The summed E-state index contributed by atoms with van der Waals surface area (Å²) in [5.74, 6) is 0.611. The molecule has 0 atom stereocenters. The predicted molar refractivity (Wildman–Crippen MR) is 57.8 cm³/mol. The molecule has 0 aliphatic heterocycles. The number of nitrogens with zero attached hydrogens (tertiary/aromatic N) is 1. The number of nitrogens with one attached hydrogen (secondary N) is 1. The maximum atomic E-state index is 5.88. The van der Waals surface area contributed by atoms with Crippen LogP contribution < -0.4 is 10.1 Å². The van der Waals surface area contributed by atoms with Crippen LogP contribution in [-0.4, -0.2) is 18.1 Å². The molecule has 78 valence electrons. The molecule has 1 rings (SSSR count). The lowest BCUT2D eigenvalue weighted by Gasteiger charge is -2.08. The first-order chi connectivity index (χ1) is 6.63. The maximum Gasteiger partial charge on any atom is 0.171 e. The van der Waals surface area contributed by atoms with Gasteiger partial charge in [-0.1, -0.05) is 25.4 Å². The van der Waals surface area contributed by atoms with E-state index in [0.717, 1.165) is 12.2 Å². The lowest BCUT2D eigenvalue weighted by atomic mass is 10.3. The van der Waals surface area contributed by atoms with Gasteiger partial charge >= 0.3 is 0 Å². The van der Waals surface area contributed by atoms with Gasteiger partial charge in [0.2, 0.25) is 0 Å². The first kappa shape index (κ1) is 11.3. The van der Waals surface area contributed by atoms with Crippen LogP contribution >= 0.6 is 11.6 Å². The van der Waals surface area contributed by atoms with Crippen molar-refractivity contribution in [1.82, 2.24) is 10.3 Å². The van der Waals surface area contributed by atoms with E-state index in [1.807, 2.05) is 12.1 Å². The Morgan fingerprint density at radius 2 is 2.21 bits per heavy atom. The number of hydrogen-bond acceptors (Lipinski definition) is 3. The lowest BCUT2D eigenvalue weighted by molar-refractivity contribution is 0.412. The van der Waals surface area contributed by atoms with Gasteiger partial charge in [-0.3, -0.25) is 0 Å². The molecule has 0 amide bonds. The normalized spacial score (nSPS) is 10.6. The van der Waals surface area contributed by atoms with Crippen molar-refractivity contribution in [2.75, 3.05) is 7.11 Å². The van der Waals surface area contributed by atoms with Gasteiger partial charge < -0.3 is 10.1 Å². The fourth-order valence-corrected chi connectivity index (χ4v) is 1.27. The van der Waals surface area contributed by atoms with Crippen LogP contribution in [0.25, 0.3) is 0 Å². The Morgan fingerprint density at radius 3 is 2.71 bits per heavy atom. The highest BCUT2D eigenvalue weighted by molar-refractivity contribution is 6.30. The SMILES string of the molecule is COc1ccc(CNC(C)C)nc1Cl. The fourth-order valence-electron chi connectivity index (χ4n) is 1.02. The van der Waals surface area contributed by atoms with Gasteiger partial charge in [0.25, 0.3) is 0 Å². The molecule has 0 aromatic carbocycles.